The smallest absolute Gasteiger partial charge is 0.319 e. The van der Waals surface area contributed by atoms with E-state index < -0.39 is 5.82 Å². The molecule has 0 bridgehead atoms. The Morgan fingerprint density at radius 2 is 1.92 bits per heavy atom. The molecule has 4 aromatic rings. The van der Waals surface area contributed by atoms with Crippen molar-refractivity contribution < 1.29 is 19.0 Å². The zero-order valence-electron chi connectivity index (χ0n) is 21.2. The number of anilines is 1. The average Bonchev–Trinajstić information content (AvgIpc) is 2.92. The number of hydrogen-bond donors (Lipinski definition) is 1. The first-order valence-corrected chi connectivity index (χ1v) is 12.9. The molecule has 0 unspecified atom stereocenters. The second-order valence-electron chi connectivity index (χ2n) is 9.34. The van der Waals surface area contributed by atoms with Gasteiger partial charge in [-0.3, -0.25) is 4.79 Å². The van der Waals surface area contributed by atoms with Gasteiger partial charge in [0.1, 0.15) is 17.1 Å². The molecule has 1 aromatic heterocycles. The Morgan fingerprint density at radius 1 is 1.18 bits per heavy atom. The topological polar surface area (TPSA) is 78.8 Å². The number of carbonyl (C=O) groups excluding carboxylic acids is 1. The number of piperazine rings is 1. The second kappa shape index (κ2) is 10.5. The first-order chi connectivity index (χ1) is 18.3. The summed E-state index contributed by atoms with van der Waals surface area (Å²) in [6.07, 6.45) is 1.85. The van der Waals surface area contributed by atoms with Crippen LogP contribution >= 0.6 is 11.6 Å². The summed E-state index contributed by atoms with van der Waals surface area (Å²) in [6.45, 7) is 9.38. The fraction of sp³-hybridized carbons (Fsp3) is 0.276. The highest BCUT2D eigenvalue weighted by molar-refractivity contribution is 6.35. The summed E-state index contributed by atoms with van der Waals surface area (Å²) in [5, 5.41) is 12.5. The predicted octanol–water partition coefficient (Wildman–Crippen LogP) is 5.96. The molecule has 0 aliphatic carbocycles. The van der Waals surface area contributed by atoms with Gasteiger partial charge in [0.15, 0.2) is 5.82 Å². The third-order valence-corrected chi connectivity index (χ3v) is 7.20. The van der Waals surface area contributed by atoms with E-state index in [9.17, 15) is 9.90 Å². The number of ether oxygens (including phenoxy) is 1. The molecule has 0 saturated carbocycles. The van der Waals surface area contributed by atoms with Crippen molar-refractivity contribution in [1.82, 2.24) is 14.9 Å². The first kappa shape index (κ1) is 25.7. The zero-order valence-corrected chi connectivity index (χ0v) is 22.0. The van der Waals surface area contributed by atoms with Crippen molar-refractivity contribution in [2.75, 3.05) is 31.1 Å². The zero-order chi connectivity index (χ0) is 27.0. The molecule has 0 spiro atoms. The molecule has 1 N–H and O–H groups in total. The van der Waals surface area contributed by atoms with Gasteiger partial charge in [-0.1, -0.05) is 49.4 Å². The van der Waals surface area contributed by atoms with Gasteiger partial charge in [-0.2, -0.15) is 9.97 Å². The summed E-state index contributed by atoms with van der Waals surface area (Å²) in [4.78, 5) is 24.9. The van der Waals surface area contributed by atoms with Gasteiger partial charge in [0, 0.05) is 37.1 Å². The number of amides is 1. The van der Waals surface area contributed by atoms with Crippen LogP contribution in [0.5, 0.6) is 11.8 Å². The maximum atomic E-state index is 16.4. The number of halogens is 2. The van der Waals surface area contributed by atoms with Crippen molar-refractivity contribution in [3.63, 3.8) is 0 Å². The normalized spacial score (nSPS) is 14.6. The van der Waals surface area contributed by atoms with Gasteiger partial charge in [0.2, 0.25) is 5.91 Å². The van der Waals surface area contributed by atoms with Gasteiger partial charge in [-0.15, -0.1) is 0 Å². The van der Waals surface area contributed by atoms with Crippen LogP contribution in [0.3, 0.4) is 0 Å². The van der Waals surface area contributed by atoms with Crippen LogP contribution in [0.4, 0.5) is 10.2 Å². The lowest BCUT2D eigenvalue weighted by Crippen LogP contribution is -2.48. The van der Waals surface area contributed by atoms with Crippen LogP contribution in [0.25, 0.3) is 32.8 Å². The van der Waals surface area contributed by atoms with Crippen molar-refractivity contribution in [3.05, 3.63) is 66.0 Å². The van der Waals surface area contributed by atoms with Crippen LogP contribution in [-0.2, 0) is 4.79 Å². The molecular formula is C29H28ClFN4O3. The molecule has 1 atom stereocenters. The highest BCUT2D eigenvalue weighted by atomic mass is 35.5. The molecule has 1 aliphatic rings. The van der Waals surface area contributed by atoms with E-state index in [0.717, 1.165) is 17.2 Å². The van der Waals surface area contributed by atoms with E-state index in [-0.39, 0.29) is 39.9 Å². The predicted molar refractivity (Wildman–Crippen MR) is 148 cm³/mol. The number of carbonyl (C=O) groups is 1. The number of fused-ring (bicyclic) bond motifs is 2. The maximum absolute atomic E-state index is 16.4. The lowest BCUT2D eigenvalue weighted by molar-refractivity contribution is -0.126. The number of phenols is 1. The molecule has 38 heavy (non-hydrogen) atoms. The van der Waals surface area contributed by atoms with Gasteiger partial charge in [-0.25, -0.2) is 4.39 Å². The number of benzene rings is 3. The number of phenolic OH excluding ortho intramolecular Hbond substituents is 1. The largest absolute Gasteiger partial charge is 0.508 e. The number of nitrogens with zero attached hydrogens (tertiary/aromatic N) is 4. The summed E-state index contributed by atoms with van der Waals surface area (Å²) in [5.74, 6) is -0.256. The number of aromatic nitrogens is 2. The minimum Gasteiger partial charge on any atom is -0.508 e. The quantitative estimate of drug-likeness (QED) is 0.307. The monoisotopic (exact) mass is 534 g/mol. The average molecular weight is 535 g/mol. The standard InChI is InChI=1S/C29H28ClFN4O3/c1-4-17(3)38-29-32-27-22(28(33-29)35-12-10-34(11-13-35)24(37)5-2)16-23(30)25(26(27)31)21-15-19(36)14-18-8-6-7-9-20(18)21/h5-9,14-17,36H,2,4,10-13H2,1,3H3/t17-/m1/s1. The lowest BCUT2D eigenvalue weighted by Gasteiger charge is -2.35. The number of aromatic hydroxyl groups is 1. The van der Waals surface area contributed by atoms with Crippen LogP contribution in [0.2, 0.25) is 5.02 Å². The molecule has 1 amide bonds. The van der Waals surface area contributed by atoms with E-state index >= 15 is 4.39 Å². The van der Waals surface area contributed by atoms with Crippen molar-refractivity contribution in [2.24, 2.45) is 0 Å². The summed E-state index contributed by atoms with van der Waals surface area (Å²) >= 11 is 6.75. The fourth-order valence-electron chi connectivity index (χ4n) is 4.73. The molecule has 2 heterocycles. The number of hydrogen-bond acceptors (Lipinski definition) is 6. The molecule has 196 valence electrons. The van der Waals surface area contributed by atoms with Crippen molar-refractivity contribution in [1.29, 1.82) is 0 Å². The molecule has 5 rings (SSSR count). The highest BCUT2D eigenvalue weighted by Crippen LogP contribution is 2.42. The third-order valence-electron chi connectivity index (χ3n) is 6.91. The van der Waals surface area contributed by atoms with Gasteiger partial charge in [-0.05, 0) is 54.0 Å². The molecule has 9 heteroatoms. The Labute approximate surface area is 225 Å². The summed E-state index contributed by atoms with van der Waals surface area (Å²) in [7, 11) is 0. The molecule has 0 radical (unpaired) electrons. The maximum Gasteiger partial charge on any atom is 0.319 e. The summed E-state index contributed by atoms with van der Waals surface area (Å²) in [6, 6.07) is 12.3. The summed E-state index contributed by atoms with van der Waals surface area (Å²) < 4.78 is 22.4. The Balaban J connectivity index is 1.69. The lowest BCUT2D eigenvalue weighted by atomic mass is 9.96. The van der Waals surface area contributed by atoms with Crippen LogP contribution < -0.4 is 9.64 Å². The summed E-state index contributed by atoms with van der Waals surface area (Å²) in [5.41, 5.74) is 0.683. The Kier molecular flexibility index (Phi) is 7.08. The van der Waals surface area contributed by atoms with Crippen molar-refractivity contribution >= 4 is 45.0 Å². The highest BCUT2D eigenvalue weighted by Gasteiger charge is 2.27. The van der Waals surface area contributed by atoms with Crippen LogP contribution in [0, 0.1) is 5.82 Å². The molecule has 1 saturated heterocycles. The Morgan fingerprint density at radius 3 is 2.63 bits per heavy atom. The van der Waals surface area contributed by atoms with E-state index in [1.807, 2.05) is 43.0 Å². The van der Waals surface area contributed by atoms with Crippen molar-refractivity contribution in [3.8, 4) is 22.9 Å². The third kappa shape index (κ3) is 4.72. The van der Waals surface area contributed by atoms with E-state index in [2.05, 4.69) is 16.5 Å². The van der Waals surface area contributed by atoms with E-state index in [0.29, 0.717) is 42.9 Å². The van der Waals surface area contributed by atoms with Crippen LogP contribution in [0.1, 0.15) is 20.3 Å². The first-order valence-electron chi connectivity index (χ1n) is 12.6. The van der Waals surface area contributed by atoms with Gasteiger partial charge in [0.05, 0.1) is 11.1 Å². The van der Waals surface area contributed by atoms with E-state index in [4.69, 9.17) is 16.3 Å². The SMILES string of the molecule is C=CC(=O)N1CCN(c2nc(O[C@H](C)CC)nc3c(F)c(-c4cc(O)cc5ccccc45)c(Cl)cc23)CC1. The number of rotatable bonds is 6. The minimum absolute atomic E-state index is 0.00498. The Hall–Kier alpha value is -3.91. The fourth-order valence-corrected chi connectivity index (χ4v) is 5.03. The van der Waals surface area contributed by atoms with Gasteiger partial charge < -0.3 is 19.6 Å². The minimum atomic E-state index is -0.624. The van der Waals surface area contributed by atoms with Crippen LogP contribution in [-0.4, -0.2) is 58.2 Å². The molecule has 7 nitrogen and oxygen atoms in total. The molecule has 1 aliphatic heterocycles. The molecule has 3 aromatic carbocycles. The van der Waals surface area contributed by atoms with Crippen molar-refractivity contribution in [2.45, 2.75) is 26.4 Å². The second-order valence-corrected chi connectivity index (χ2v) is 9.75. The van der Waals surface area contributed by atoms with E-state index in [1.165, 1.54) is 12.1 Å². The molecular weight excluding hydrogens is 507 g/mol. The van der Waals surface area contributed by atoms with Crippen LogP contribution in [0.15, 0.2) is 55.1 Å². The Bertz CT molecular complexity index is 1550. The van der Waals surface area contributed by atoms with E-state index in [1.54, 1.807) is 17.0 Å². The van der Waals surface area contributed by atoms with Gasteiger partial charge >= 0.3 is 6.01 Å². The van der Waals surface area contributed by atoms with Gasteiger partial charge in [0.25, 0.3) is 0 Å². The molecule has 1 fully saturated rings.